The van der Waals surface area contributed by atoms with Crippen molar-refractivity contribution in [2.75, 3.05) is 33.2 Å². The van der Waals surface area contributed by atoms with Gasteiger partial charge < -0.3 is 9.80 Å². The summed E-state index contributed by atoms with van der Waals surface area (Å²) in [5, 5.41) is 0. The molecule has 1 aliphatic rings. The van der Waals surface area contributed by atoms with Gasteiger partial charge in [0.15, 0.2) is 0 Å². The van der Waals surface area contributed by atoms with Gasteiger partial charge in [0.1, 0.15) is 0 Å². The van der Waals surface area contributed by atoms with E-state index in [0.717, 1.165) is 31.9 Å². The average molecular weight is 206 g/mol. The van der Waals surface area contributed by atoms with Crippen LogP contribution in [0.1, 0.15) is 13.8 Å². The van der Waals surface area contributed by atoms with Crippen LogP contribution in [0.25, 0.3) is 0 Å². The third-order valence-electron chi connectivity index (χ3n) is 2.90. The minimum Gasteiger partial charge on any atom is -0.369 e. The number of nitrogens with zero attached hydrogens (tertiary/aromatic N) is 2. The highest BCUT2D eigenvalue weighted by Gasteiger charge is 2.13. The zero-order valence-electron chi connectivity index (χ0n) is 10.2. The van der Waals surface area contributed by atoms with Crippen molar-refractivity contribution in [2.45, 2.75) is 13.8 Å². The van der Waals surface area contributed by atoms with Gasteiger partial charge >= 0.3 is 0 Å². The fourth-order valence-electron chi connectivity index (χ4n) is 1.52. The Balaban J connectivity index is 2.44. The fraction of sp³-hybridized carbons (Fsp3) is 0.538. The number of hydrogen-bond donors (Lipinski definition) is 0. The van der Waals surface area contributed by atoms with E-state index in [1.807, 2.05) is 0 Å². The van der Waals surface area contributed by atoms with Gasteiger partial charge in [-0.1, -0.05) is 24.3 Å². The Hall–Kier alpha value is -1.02. The van der Waals surface area contributed by atoms with Crippen LogP contribution in [0.3, 0.4) is 0 Å². The summed E-state index contributed by atoms with van der Waals surface area (Å²) in [5.74, 6) is 0. The molecular weight excluding hydrogens is 184 g/mol. The molecule has 2 heteroatoms. The van der Waals surface area contributed by atoms with Crippen LogP contribution in [-0.2, 0) is 0 Å². The fourth-order valence-corrected chi connectivity index (χ4v) is 1.52. The van der Waals surface area contributed by atoms with Crippen LogP contribution in [0.5, 0.6) is 0 Å². The number of rotatable bonds is 3. The van der Waals surface area contributed by atoms with Crippen molar-refractivity contribution in [3.8, 4) is 0 Å². The molecule has 1 aliphatic heterocycles. The Labute approximate surface area is 93.6 Å². The quantitative estimate of drug-likeness (QED) is 0.654. The summed E-state index contributed by atoms with van der Waals surface area (Å²) in [5.41, 5.74) is 2.41. The van der Waals surface area contributed by atoms with Crippen molar-refractivity contribution in [3.05, 3.63) is 36.1 Å². The third-order valence-corrected chi connectivity index (χ3v) is 2.90. The second kappa shape index (κ2) is 5.76. The zero-order chi connectivity index (χ0) is 11.3. The molecule has 0 atom stereocenters. The topological polar surface area (TPSA) is 6.48 Å². The highest BCUT2D eigenvalue weighted by atomic mass is 15.2. The van der Waals surface area contributed by atoms with Gasteiger partial charge in [0.25, 0.3) is 0 Å². The minimum atomic E-state index is 1.09. The van der Waals surface area contributed by atoms with Gasteiger partial charge in [-0.25, -0.2) is 0 Å². The largest absolute Gasteiger partial charge is 0.369 e. The monoisotopic (exact) mass is 206 g/mol. The second-order valence-corrected chi connectivity index (χ2v) is 4.15. The Morgan fingerprint density at radius 1 is 1.13 bits per heavy atom. The van der Waals surface area contributed by atoms with Gasteiger partial charge in [0.05, 0.1) is 0 Å². The summed E-state index contributed by atoms with van der Waals surface area (Å²) in [6.45, 7) is 12.7. The van der Waals surface area contributed by atoms with Gasteiger partial charge in [-0.15, -0.1) is 0 Å². The van der Waals surface area contributed by atoms with E-state index in [4.69, 9.17) is 0 Å². The van der Waals surface area contributed by atoms with Crippen molar-refractivity contribution in [1.29, 1.82) is 0 Å². The molecule has 0 aromatic carbocycles. The van der Waals surface area contributed by atoms with Gasteiger partial charge in [0.2, 0.25) is 0 Å². The standard InChI is InChI=1S/C13H22N2/c1-5-12(2)6-7-13(3)15-10-8-14(4)9-11-15/h5-7H,3,8-11H2,1-2,4H3/b7-6-,12-5-. The average Bonchev–Trinajstić information content (AvgIpc) is 2.26. The summed E-state index contributed by atoms with van der Waals surface area (Å²) in [7, 11) is 2.17. The molecule has 15 heavy (non-hydrogen) atoms. The maximum Gasteiger partial charge on any atom is 0.0306 e. The lowest BCUT2D eigenvalue weighted by atomic mass is 10.2. The first-order valence-electron chi connectivity index (χ1n) is 5.57. The van der Waals surface area contributed by atoms with E-state index in [9.17, 15) is 0 Å². The van der Waals surface area contributed by atoms with Crippen molar-refractivity contribution >= 4 is 0 Å². The van der Waals surface area contributed by atoms with Crippen molar-refractivity contribution in [2.24, 2.45) is 0 Å². The number of hydrogen-bond acceptors (Lipinski definition) is 2. The molecule has 0 radical (unpaired) electrons. The summed E-state index contributed by atoms with van der Waals surface area (Å²) >= 11 is 0. The maximum absolute atomic E-state index is 4.10. The molecule has 1 saturated heterocycles. The molecule has 0 saturated carbocycles. The molecule has 2 nitrogen and oxygen atoms in total. The second-order valence-electron chi connectivity index (χ2n) is 4.15. The SMILES string of the molecule is C=C(/C=C\C(C)=C/C)N1CCN(C)CC1. The van der Waals surface area contributed by atoms with E-state index >= 15 is 0 Å². The summed E-state index contributed by atoms with van der Waals surface area (Å²) < 4.78 is 0. The molecule has 0 bridgehead atoms. The van der Waals surface area contributed by atoms with Crippen molar-refractivity contribution < 1.29 is 0 Å². The number of likely N-dealkylation sites (N-methyl/N-ethyl adjacent to an activating group) is 1. The van der Waals surface area contributed by atoms with Crippen molar-refractivity contribution in [1.82, 2.24) is 9.80 Å². The highest BCUT2D eigenvalue weighted by Crippen LogP contribution is 2.09. The van der Waals surface area contributed by atoms with Crippen LogP contribution < -0.4 is 0 Å². The van der Waals surface area contributed by atoms with Gasteiger partial charge in [-0.05, 0) is 27.0 Å². The Morgan fingerprint density at radius 3 is 2.27 bits per heavy atom. The molecule has 0 aromatic rings. The molecule has 84 valence electrons. The molecule has 0 amide bonds. The van der Waals surface area contributed by atoms with Crippen molar-refractivity contribution in [3.63, 3.8) is 0 Å². The molecule has 0 aromatic heterocycles. The molecule has 0 N–H and O–H groups in total. The molecule has 0 unspecified atom stereocenters. The molecule has 1 fully saturated rings. The highest BCUT2D eigenvalue weighted by molar-refractivity contribution is 5.24. The van der Waals surface area contributed by atoms with Crippen LogP contribution in [-0.4, -0.2) is 43.0 Å². The van der Waals surface area contributed by atoms with Gasteiger partial charge in [-0.3, -0.25) is 0 Å². The normalized spacial score (nSPS) is 19.9. The first-order chi connectivity index (χ1) is 7.13. The Kier molecular flexibility index (Phi) is 4.63. The van der Waals surface area contributed by atoms with E-state index in [0.29, 0.717) is 0 Å². The molecular formula is C13H22N2. The maximum atomic E-state index is 4.10. The van der Waals surface area contributed by atoms with Crippen LogP contribution in [0, 0.1) is 0 Å². The number of allylic oxidation sites excluding steroid dienone is 4. The Bertz CT molecular complexity index is 268. The first-order valence-corrected chi connectivity index (χ1v) is 5.57. The summed E-state index contributed by atoms with van der Waals surface area (Å²) in [4.78, 5) is 4.70. The first kappa shape index (κ1) is 12.1. The third kappa shape index (κ3) is 3.92. The van der Waals surface area contributed by atoms with Crippen LogP contribution in [0.15, 0.2) is 36.1 Å². The van der Waals surface area contributed by atoms with Crippen LogP contribution in [0.4, 0.5) is 0 Å². The Morgan fingerprint density at radius 2 is 1.73 bits per heavy atom. The molecule has 0 spiro atoms. The lowest BCUT2D eigenvalue weighted by molar-refractivity contribution is 0.190. The smallest absolute Gasteiger partial charge is 0.0306 e. The molecule has 1 heterocycles. The summed E-state index contributed by atoms with van der Waals surface area (Å²) in [6.07, 6.45) is 6.34. The minimum absolute atomic E-state index is 1.09. The van der Waals surface area contributed by atoms with Crippen LogP contribution in [0.2, 0.25) is 0 Å². The van der Waals surface area contributed by atoms with E-state index < -0.39 is 0 Å². The van der Waals surface area contributed by atoms with Gasteiger partial charge in [0, 0.05) is 31.9 Å². The lowest BCUT2D eigenvalue weighted by Crippen LogP contribution is -2.43. The summed E-state index contributed by atoms with van der Waals surface area (Å²) in [6, 6.07) is 0. The predicted molar refractivity (Wildman–Crippen MR) is 66.8 cm³/mol. The van der Waals surface area contributed by atoms with E-state index in [1.165, 1.54) is 5.57 Å². The van der Waals surface area contributed by atoms with Crippen LogP contribution >= 0.6 is 0 Å². The van der Waals surface area contributed by atoms with Gasteiger partial charge in [-0.2, -0.15) is 0 Å². The van der Waals surface area contributed by atoms with E-state index in [-0.39, 0.29) is 0 Å². The lowest BCUT2D eigenvalue weighted by Gasteiger charge is -2.34. The molecule has 0 aliphatic carbocycles. The molecule has 1 rings (SSSR count). The van der Waals surface area contributed by atoms with E-state index in [2.05, 4.69) is 55.5 Å². The predicted octanol–water partition coefficient (Wildman–Crippen LogP) is 2.27. The zero-order valence-corrected chi connectivity index (χ0v) is 10.2. The van der Waals surface area contributed by atoms with E-state index in [1.54, 1.807) is 0 Å². The number of piperazine rings is 1.